The summed E-state index contributed by atoms with van der Waals surface area (Å²) in [5.74, 6) is 0.258. The number of fused-ring (bicyclic) bond motifs is 1. The summed E-state index contributed by atoms with van der Waals surface area (Å²) in [4.78, 5) is 32.7. The van der Waals surface area contributed by atoms with Gasteiger partial charge in [0.1, 0.15) is 5.52 Å². The van der Waals surface area contributed by atoms with Crippen LogP contribution >= 0.6 is 11.3 Å². The Bertz CT molecular complexity index is 1220. The number of aryl methyl sites for hydroxylation is 1. The Morgan fingerprint density at radius 2 is 2.06 bits per heavy atom. The van der Waals surface area contributed by atoms with Gasteiger partial charge in [0.25, 0.3) is 0 Å². The first-order valence-electron chi connectivity index (χ1n) is 10.0. The number of ether oxygens (including phenoxy) is 2. The summed E-state index contributed by atoms with van der Waals surface area (Å²) in [6.45, 7) is 4.53. The molecule has 0 bridgehead atoms. The molecular weight excluding hydrogens is 430 g/mol. The zero-order valence-electron chi connectivity index (χ0n) is 17.9. The lowest BCUT2D eigenvalue weighted by atomic mass is 10.0. The summed E-state index contributed by atoms with van der Waals surface area (Å²) in [6, 6.07) is 4.83. The Kier molecular flexibility index (Phi) is 6.33. The standard InChI is InChI=1S/C22H23N5O4S/c1-12-10-15(4-5-17(12)24-13(2)28)25-21(29)27-22-26-18-19(32-22)16(11-23-20(18)30-3)14-6-8-31-9-7-14/h4-6,10-11H,7-9H2,1-3H3,(H,24,28)(H2,25,26,27,29). The van der Waals surface area contributed by atoms with Crippen molar-refractivity contribution in [3.05, 3.63) is 41.6 Å². The monoisotopic (exact) mass is 453 g/mol. The molecule has 3 N–H and O–H groups in total. The number of anilines is 3. The summed E-state index contributed by atoms with van der Waals surface area (Å²) in [6.07, 6.45) is 4.61. The highest BCUT2D eigenvalue weighted by Gasteiger charge is 2.19. The van der Waals surface area contributed by atoms with Gasteiger partial charge < -0.3 is 20.1 Å². The summed E-state index contributed by atoms with van der Waals surface area (Å²) in [5, 5.41) is 8.76. The number of carbonyl (C=O) groups excluding carboxylic acids is 2. The predicted octanol–water partition coefficient (Wildman–Crippen LogP) is 4.41. The van der Waals surface area contributed by atoms with Crippen molar-refractivity contribution in [3.8, 4) is 5.88 Å². The van der Waals surface area contributed by atoms with E-state index in [1.54, 1.807) is 31.5 Å². The van der Waals surface area contributed by atoms with E-state index in [1.807, 2.05) is 13.0 Å². The number of rotatable bonds is 5. The molecule has 3 heterocycles. The minimum atomic E-state index is -0.422. The van der Waals surface area contributed by atoms with E-state index in [9.17, 15) is 9.59 Å². The second-order valence-electron chi connectivity index (χ2n) is 7.22. The second-order valence-corrected chi connectivity index (χ2v) is 8.22. The molecule has 0 saturated carbocycles. The van der Waals surface area contributed by atoms with Crippen molar-refractivity contribution in [1.29, 1.82) is 0 Å². The van der Waals surface area contributed by atoms with Gasteiger partial charge in [-0.2, -0.15) is 0 Å². The van der Waals surface area contributed by atoms with Crippen molar-refractivity contribution in [2.45, 2.75) is 20.3 Å². The summed E-state index contributed by atoms with van der Waals surface area (Å²) >= 11 is 1.37. The smallest absolute Gasteiger partial charge is 0.325 e. The van der Waals surface area contributed by atoms with Gasteiger partial charge in [-0.15, -0.1) is 0 Å². The molecule has 0 radical (unpaired) electrons. The van der Waals surface area contributed by atoms with E-state index in [4.69, 9.17) is 9.47 Å². The molecule has 0 unspecified atom stereocenters. The van der Waals surface area contributed by atoms with Gasteiger partial charge >= 0.3 is 6.03 Å². The van der Waals surface area contributed by atoms with E-state index in [-0.39, 0.29) is 5.91 Å². The topological polar surface area (TPSA) is 114 Å². The van der Waals surface area contributed by atoms with E-state index in [2.05, 4.69) is 25.9 Å². The van der Waals surface area contributed by atoms with Gasteiger partial charge in [0.05, 0.1) is 25.0 Å². The van der Waals surface area contributed by atoms with Crippen LogP contribution < -0.4 is 20.7 Å². The van der Waals surface area contributed by atoms with E-state index >= 15 is 0 Å². The molecule has 32 heavy (non-hydrogen) atoms. The fourth-order valence-corrected chi connectivity index (χ4v) is 4.42. The number of pyridine rings is 1. The number of amides is 3. The Balaban J connectivity index is 1.55. The average molecular weight is 454 g/mol. The molecule has 3 amide bonds. The fraction of sp³-hybridized carbons (Fsp3) is 0.273. The predicted molar refractivity (Wildman–Crippen MR) is 126 cm³/mol. The quantitative estimate of drug-likeness (QED) is 0.527. The van der Waals surface area contributed by atoms with Crippen LogP contribution in [0.3, 0.4) is 0 Å². The Hall–Kier alpha value is -3.50. The molecule has 1 aliphatic heterocycles. The van der Waals surface area contributed by atoms with Crippen LogP contribution in [0, 0.1) is 6.92 Å². The summed E-state index contributed by atoms with van der Waals surface area (Å²) in [5.41, 5.74) is 4.85. The molecule has 0 spiro atoms. The maximum Gasteiger partial charge on any atom is 0.325 e. The highest BCUT2D eigenvalue weighted by molar-refractivity contribution is 7.22. The SMILES string of the molecule is COc1ncc(C2=CCOCC2)c2sc(NC(=O)Nc3ccc(NC(C)=O)c(C)c3)nc12. The molecular formula is C22H23N5O4S. The average Bonchev–Trinajstić information content (AvgIpc) is 3.18. The second kappa shape index (κ2) is 9.33. The van der Waals surface area contributed by atoms with Crippen LogP contribution in [0.2, 0.25) is 0 Å². The van der Waals surface area contributed by atoms with Gasteiger partial charge in [-0.05, 0) is 42.7 Å². The maximum absolute atomic E-state index is 12.6. The number of hydrogen-bond donors (Lipinski definition) is 3. The molecule has 3 aromatic rings. The van der Waals surface area contributed by atoms with Gasteiger partial charge in [-0.1, -0.05) is 17.4 Å². The van der Waals surface area contributed by atoms with Gasteiger partial charge in [0.15, 0.2) is 5.13 Å². The Morgan fingerprint density at radius 1 is 1.22 bits per heavy atom. The van der Waals surface area contributed by atoms with Crippen LogP contribution in [-0.2, 0) is 9.53 Å². The number of benzene rings is 1. The van der Waals surface area contributed by atoms with Crippen molar-refractivity contribution in [2.75, 3.05) is 36.3 Å². The van der Waals surface area contributed by atoms with Crippen LogP contribution in [-0.4, -0.2) is 42.2 Å². The van der Waals surface area contributed by atoms with Crippen LogP contribution in [0.1, 0.15) is 24.5 Å². The molecule has 0 atom stereocenters. The minimum absolute atomic E-state index is 0.150. The Labute approximate surface area is 188 Å². The van der Waals surface area contributed by atoms with Gasteiger partial charge in [-0.3, -0.25) is 10.1 Å². The number of nitrogens with one attached hydrogen (secondary N) is 3. The van der Waals surface area contributed by atoms with Crippen molar-refractivity contribution in [3.63, 3.8) is 0 Å². The zero-order chi connectivity index (χ0) is 22.7. The van der Waals surface area contributed by atoms with Crippen LogP contribution in [0.15, 0.2) is 30.5 Å². The summed E-state index contributed by atoms with van der Waals surface area (Å²) in [7, 11) is 1.54. The first-order chi connectivity index (χ1) is 15.4. The van der Waals surface area contributed by atoms with Gasteiger partial charge in [-0.25, -0.2) is 14.8 Å². The third-order valence-corrected chi connectivity index (χ3v) is 5.91. The number of hydrogen-bond acceptors (Lipinski definition) is 7. The third-order valence-electron chi connectivity index (χ3n) is 4.90. The van der Waals surface area contributed by atoms with E-state index in [0.29, 0.717) is 41.1 Å². The molecule has 0 fully saturated rings. The third kappa shape index (κ3) is 4.71. The molecule has 10 heteroatoms. The van der Waals surface area contributed by atoms with Crippen molar-refractivity contribution in [2.24, 2.45) is 0 Å². The maximum atomic E-state index is 12.6. The van der Waals surface area contributed by atoms with Gasteiger partial charge in [0, 0.05) is 30.1 Å². The molecule has 1 aliphatic rings. The van der Waals surface area contributed by atoms with Crippen molar-refractivity contribution < 1.29 is 19.1 Å². The number of carbonyl (C=O) groups is 2. The molecule has 4 rings (SSSR count). The number of nitrogens with zero attached hydrogens (tertiary/aromatic N) is 2. The first kappa shape index (κ1) is 21.7. The largest absolute Gasteiger partial charge is 0.479 e. The van der Waals surface area contributed by atoms with E-state index in [1.165, 1.54) is 18.3 Å². The molecule has 2 aromatic heterocycles. The number of urea groups is 1. The Morgan fingerprint density at radius 3 is 2.75 bits per heavy atom. The lowest BCUT2D eigenvalue weighted by Crippen LogP contribution is -2.19. The fourth-order valence-electron chi connectivity index (χ4n) is 3.42. The molecule has 0 aliphatic carbocycles. The van der Waals surface area contributed by atoms with Crippen LogP contribution in [0.25, 0.3) is 15.8 Å². The van der Waals surface area contributed by atoms with Gasteiger partial charge in [0.2, 0.25) is 11.8 Å². The van der Waals surface area contributed by atoms with E-state index < -0.39 is 6.03 Å². The lowest BCUT2D eigenvalue weighted by Gasteiger charge is -2.14. The molecule has 9 nitrogen and oxygen atoms in total. The number of methoxy groups -OCH3 is 1. The lowest BCUT2D eigenvalue weighted by molar-refractivity contribution is -0.114. The van der Waals surface area contributed by atoms with Crippen LogP contribution in [0.4, 0.5) is 21.3 Å². The normalized spacial score (nSPS) is 13.4. The van der Waals surface area contributed by atoms with Crippen LogP contribution in [0.5, 0.6) is 5.88 Å². The number of aromatic nitrogens is 2. The minimum Gasteiger partial charge on any atom is -0.479 e. The molecule has 166 valence electrons. The molecule has 1 aromatic carbocycles. The zero-order valence-corrected chi connectivity index (χ0v) is 18.8. The van der Waals surface area contributed by atoms with E-state index in [0.717, 1.165) is 27.8 Å². The van der Waals surface area contributed by atoms with Crippen molar-refractivity contribution in [1.82, 2.24) is 9.97 Å². The summed E-state index contributed by atoms with van der Waals surface area (Å²) < 4.78 is 11.7. The first-order valence-corrected chi connectivity index (χ1v) is 10.8. The number of thiazole rings is 1. The highest BCUT2D eigenvalue weighted by atomic mass is 32.1. The molecule has 0 saturated heterocycles. The highest BCUT2D eigenvalue weighted by Crippen LogP contribution is 2.37. The van der Waals surface area contributed by atoms with Crippen molar-refractivity contribution >= 4 is 55.6 Å².